The number of rotatable bonds is 30. The molecule has 0 rings (SSSR count). The Hall–Kier alpha value is -0.260. The van der Waals surface area contributed by atoms with Gasteiger partial charge in [0.25, 0.3) is 10.1 Å². The lowest BCUT2D eigenvalue weighted by Crippen LogP contribution is -2.29. The Labute approximate surface area is 262 Å². The van der Waals surface area contributed by atoms with Gasteiger partial charge in [-0.1, -0.05) is 116 Å². The highest BCUT2D eigenvalue weighted by Gasteiger charge is 2.19. The number of methoxy groups -OCH3 is 1. The molecule has 0 aliphatic carbocycles. The Balaban J connectivity index is 0. The molecular weight excluding hydrogens is 574 g/mol. The third-order valence-electron chi connectivity index (χ3n) is 6.87. The van der Waals surface area contributed by atoms with Gasteiger partial charge in [0.15, 0.2) is 9.84 Å². The molecule has 10 heteroatoms. The van der Waals surface area contributed by atoms with E-state index < -0.39 is 26.1 Å². The van der Waals surface area contributed by atoms with Crippen molar-refractivity contribution in [2.45, 2.75) is 141 Å². The number of unbranched alkanes of at least 4 members (excludes halogenated alkanes) is 18. The van der Waals surface area contributed by atoms with Gasteiger partial charge in [-0.05, 0) is 40.4 Å². The summed E-state index contributed by atoms with van der Waals surface area (Å²) in [5, 5.41) is 0. The molecule has 0 saturated carbocycles. The van der Waals surface area contributed by atoms with Crippen LogP contribution in [0.15, 0.2) is 0 Å². The van der Waals surface area contributed by atoms with Crippen molar-refractivity contribution in [3.05, 3.63) is 0 Å². The van der Waals surface area contributed by atoms with Crippen LogP contribution in [0.1, 0.15) is 135 Å². The van der Waals surface area contributed by atoms with Crippen LogP contribution in [-0.4, -0.2) is 93.7 Å². The van der Waals surface area contributed by atoms with E-state index in [9.17, 15) is 16.8 Å². The van der Waals surface area contributed by atoms with Gasteiger partial charge in [0, 0.05) is 13.7 Å². The van der Waals surface area contributed by atoms with Crippen LogP contribution in [-0.2, 0) is 33.6 Å². The fourth-order valence-electron chi connectivity index (χ4n) is 4.51. The second-order valence-corrected chi connectivity index (χ2v) is 16.0. The Morgan fingerprint density at radius 1 is 0.595 bits per heavy atom. The zero-order valence-corrected chi connectivity index (χ0v) is 30.0. The van der Waals surface area contributed by atoms with E-state index in [4.69, 9.17) is 9.47 Å². The average molecular weight is 644 g/mol. The third kappa shape index (κ3) is 39.7. The van der Waals surface area contributed by atoms with Crippen LogP contribution in [0, 0.1) is 0 Å². The predicted octanol–water partition coefficient (Wildman–Crippen LogP) is 7.41. The van der Waals surface area contributed by atoms with Gasteiger partial charge in [-0.25, -0.2) is 8.42 Å². The molecule has 0 aromatic carbocycles. The molecule has 0 bridgehead atoms. The van der Waals surface area contributed by atoms with Crippen molar-refractivity contribution < 1.29 is 30.5 Å². The van der Waals surface area contributed by atoms with Crippen LogP contribution >= 0.6 is 0 Å². The largest absolute Gasteiger partial charge is 0.379 e. The van der Waals surface area contributed by atoms with E-state index in [1.807, 2.05) is 26.0 Å². The minimum atomic E-state index is -3.40. The van der Waals surface area contributed by atoms with Gasteiger partial charge >= 0.3 is 0 Å². The van der Waals surface area contributed by atoms with Crippen LogP contribution in [0.2, 0.25) is 0 Å². The first kappa shape index (κ1) is 43.9. The Bertz CT molecular complexity index is 756. The lowest BCUT2D eigenvalue weighted by atomic mass is 10.0. The van der Waals surface area contributed by atoms with Gasteiger partial charge in [0.1, 0.15) is 0 Å². The molecule has 0 aromatic rings. The van der Waals surface area contributed by atoms with Crippen LogP contribution in [0.25, 0.3) is 0 Å². The molecular formula is C32H69NO7S2. The summed E-state index contributed by atoms with van der Waals surface area (Å²) in [6.07, 6.45) is 24.6. The standard InChI is InChI=1S/C29H60O7S2.C3H9N/c1-4-5-6-7-8-9-10-11-12-13-14-15-16-17-18-21-24-35-27-29(34-2)28-38(32,33)26-23-20-19-22-25-36-37(3,30)31;1-4(2)3/h29H,4-28H2,1-3H3;1-3H3. The van der Waals surface area contributed by atoms with E-state index in [0.29, 0.717) is 26.1 Å². The minimum Gasteiger partial charge on any atom is -0.379 e. The maximum Gasteiger partial charge on any atom is 0.264 e. The van der Waals surface area contributed by atoms with E-state index >= 15 is 0 Å². The zero-order valence-electron chi connectivity index (χ0n) is 28.4. The van der Waals surface area contributed by atoms with Crippen molar-refractivity contribution in [3.63, 3.8) is 0 Å². The molecule has 0 aromatic heterocycles. The van der Waals surface area contributed by atoms with Gasteiger partial charge in [-0.15, -0.1) is 0 Å². The summed E-state index contributed by atoms with van der Waals surface area (Å²) >= 11 is 0. The fraction of sp³-hybridized carbons (Fsp3) is 1.00. The second kappa shape index (κ2) is 30.8. The van der Waals surface area contributed by atoms with Crippen LogP contribution < -0.4 is 0 Å². The molecule has 0 radical (unpaired) electrons. The van der Waals surface area contributed by atoms with Crippen molar-refractivity contribution in [2.75, 3.05) is 65.8 Å². The molecule has 0 amide bonds. The number of hydrogen-bond acceptors (Lipinski definition) is 8. The molecule has 0 fully saturated rings. The van der Waals surface area contributed by atoms with Crippen LogP contribution in [0.3, 0.4) is 0 Å². The normalized spacial score (nSPS) is 12.8. The topological polar surface area (TPSA) is 99.2 Å². The first-order valence-electron chi connectivity index (χ1n) is 16.7. The van der Waals surface area contributed by atoms with Crippen molar-refractivity contribution >= 4 is 20.0 Å². The van der Waals surface area contributed by atoms with E-state index in [1.165, 1.54) is 97.0 Å². The molecule has 0 heterocycles. The number of sulfone groups is 1. The second-order valence-electron chi connectivity index (χ2n) is 12.1. The smallest absolute Gasteiger partial charge is 0.264 e. The van der Waals surface area contributed by atoms with Crippen LogP contribution in [0.5, 0.6) is 0 Å². The summed E-state index contributed by atoms with van der Waals surface area (Å²) in [6.45, 7) is 3.37. The molecule has 0 N–H and O–H groups in total. The van der Waals surface area contributed by atoms with Gasteiger partial charge in [0.2, 0.25) is 0 Å². The molecule has 42 heavy (non-hydrogen) atoms. The Morgan fingerprint density at radius 3 is 1.38 bits per heavy atom. The predicted molar refractivity (Wildman–Crippen MR) is 179 cm³/mol. The zero-order chi connectivity index (χ0) is 32.0. The summed E-state index contributed by atoms with van der Waals surface area (Å²) in [4.78, 5) is 2.00. The minimum absolute atomic E-state index is 0.0281. The molecule has 8 nitrogen and oxygen atoms in total. The molecule has 1 unspecified atom stereocenters. The van der Waals surface area contributed by atoms with E-state index in [2.05, 4.69) is 11.1 Å². The number of ether oxygens (including phenoxy) is 2. The molecule has 0 aliphatic heterocycles. The van der Waals surface area contributed by atoms with Gasteiger partial charge < -0.3 is 14.4 Å². The van der Waals surface area contributed by atoms with E-state index in [0.717, 1.165) is 31.9 Å². The van der Waals surface area contributed by atoms with Crippen LogP contribution in [0.4, 0.5) is 0 Å². The van der Waals surface area contributed by atoms with E-state index in [-0.39, 0.29) is 18.1 Å². The Kier molecular flexibility index (Phi) is 32.1. The molecule has 0 aliphatic rings. The van der Waals surface area contributed by atoms with Crippen molar-refractivity contribution in [1.29, 1.82) is 0 Å². The molecule has 256 valence electrons. The van der Waals surface area contributed by atoms with Crippen molar-refractivity contribution in [3.8, 4) is 0 Å². The molecule has 1 atom stereocenters. The summed E-state index contributed by atoms with van der Waals surface area (Å²) in [5.41, 5.74) is 0. The fourth-order valence-corrected chi connectivity index (χ4v) is 6.54. The van der Waals surface area contributed by atoms with E-state index in [1.54, 1.807) is 0 Å². The summed E-state index contributed by atoms with van der Waals surface area (Å²) in [7, 11) is 0.909. The first-order chi connectivity index (χ1) is 19.9. The number of hydrogen-bond donors (Lipinski definition) is 0. The monoisotopic (exact) mass is 643 g/mol. The molecule has 0 spiro atoms. The van der Waals surface area contributed by atoms with Gasteiger partial charge in [-0.2, -0.15) is 8.42 Å². The lowest BCUT2D eigenvalue weighted by molar-refractivity contribution is 0.0190. The summed E-state index contributed by atoms with van der Waals surface area (Å²) < 4.78 is 62.3. The maximum atomic E-state index is 12.4. The van der Waals surface area contributed by atoms with Crippen molar-refractivity contribution in [1.82, 2.24) is 4.90 Å². The average Bonchev–Trinajstić information content (AvgIpc) is 2.90. The van der Waals surface area contributed by atoms with Gasteiger partial charge in [0.05, 0.1) is 37.1 Å². The Morgan fingerprint density at radius 2 is 0.976 bits per heavy atom. The SMILES string of the molecule is CCCCCCCCCCCCCCCCCCOCC(CS(=O)(=O)CCCCCCOS(C)(=O)=O)OC.CN(C)C. The highest BCUT2D eigenvalue weighted by atomic mass is 32.2. The summed E-state index contributed by atoms with van der Waals surface area (Å²) in [5.74, 6) is 0.0819. The van der Waals surface area contributed by atoms with Gasteiger partial charge in [-0.3, -0.25) is 4.18 Å². The van der Waals surface area contributed by atoms with Crippen molar-refractivity contribution in [2.24, 2.45) is 0 Å². The lowest BCUT2D eigenvalue weighted by Gasteiger charge is -2.16. The number of nitrogens with zero attached hydrogens (tertiary/aromatic N) is 1. The molecule has 0 saturated heterocycles. The highest BCUT2D eigenvalue weighted by molar-refractivity contribution is 7.91. The summed E-state index contributed by atoms with van der Waals surface area (Å²) in [6, 6.07) is 0. The quantitative estimate of drug-likeness (QED) is 0.0590. The first-order valence-corrected chi connectivity index (χ1v) is 20.3. The third-order valence-corrected chi connectivity index (χ3v) is 9.25. The maximum absolute atomic E-state index is 12.4. The highest BCUT2D eigenvalue weighted by Crippen LogP contribution is 2.14.